The van der Waals surface area contributed by atoms with Gasteiger partial charge in [-0.1, -0.05) is 11.6 Å². The van der Waals surface area contributed by atoms with Crippen LogP contribution in [-0.2, 0) is 6.18 Å². The molecule has 0 spiro atoms. The zero-order chi connectivity index (χ0) is 10.9. The van der Waals surface area contributed by atoms with Crippen LogP contribution in [0.5, 0.6) is 0 Å². The fourth-order valence-electron chi connectivity index (χ4n) is 1.04. The number of halogens is 3. The van der Waals surface area contributed by atoms with Crippen LogP contribution in [0.1, 0.15) is 11.1 Å². The molecule has 0 fully saturated rings. The van der Waals surface area contributed by atoms with Gasteiger partial charge in [0.2, 0.25) is 0 Å². The van der Waals surface area contributed by atoms with E-state index in [-0.39, 0.29) is 0 Å². The Morgan fingerprint density at radius 1 is 1.36 bits per heavy atom. The first-order valence-electron chi connectivity index (χ1n) is 3.64. The Morgan fingerprint density at radius 2 is 1.93 bits per heavy atom. The van der Waals surface area contributed by atoms with E-state index in [1.165, 1.54) is 13.0 Å². The van der Waals surface area contributed by atoms with Gasteiger partial charge in [-0.3, -0.25) is 10.1 Å². The quantitative estimate of drug-likeness (QED) is 0.522. The van der Waals surface area contributed by atoms with Crippen molar-refractivity contribution < 1.29 is 18.1 Å². The van der Waals surface area contributed by atoms with Crippen LogP contribution in [0.25, 0.3) is 0 Å². The SMILES string of the molecule is Cc1ccc([N+](=O)[O-])c(C(F)(F)F)c1. The Morgan fingerprint density at radius 3 is 2.36 bits per heavy atom. The van der Waals surface area contributed by atoms with Gasteiger partial charge in [0.25, 0.3) is 5.69 Å². The number of benzene rings is 1. The number of nitrogens with zero attached hydrogens (tertiary/aromatic N) is 1. The normalized spacial score (nSPS) is 11.4. The standard InChI is InChI=1S/C8H6F3NO2/c1-5-2-3-7(12(13)14)6(4-5)8(9,10)11/h2-4H,1H3. The fourth-order valence-corrected chi connectivity index (χ4v) is 1.04. The van der Waals surface area contributed by atoms with Crippen LogP contribution in [0, 0.1) is 17.0 Å². The molecular formula is C8H6F3NO2. The maximum absolute atomic E-state index is 12.3. The minimum absolute atomic E-state index is 0.336. The van der Waals surface area contributed by atoms with Crippen molar-refractivity contribution in [2.75, 3.05) is 0 Å². The Kier molecular flexibility index (Phi) is 2.46. The Hall–Kier alpha value is -1.59. The second-order valence-electron chi connectivity index (χ2n) is 2.78. The van der Waals surface area contributed by atoms with Crippen molar-refractivity contribution in [3.8, 4) is 0 Å². The van der Waals surface area contributed by atoms with Crippen molar-refractivity contribution in [1.82, 2.24) is 0 Å². The van der Waals surface area contributed by atoms with Gasteiger partial charge in [-0.2, -0.15) is 13.2 Å². The molecule has 14 heavy (non-hydrogen) atoms. The van der Waals surface area contributed by atoms with E-state index in [1.54, 1.807) is 0 Å². The van der Waals surface area contributed by atoms with Gasteiger partial charge >= 0.3 is 6.18 Å². The molecule has 1 aromatic carbocycles. The minimum atomic E-state index is -4.69. The number of hydrogen-bond donors (Lipinski definition) is 0. The molecule has 1 aromatic rings. The molecule has 0 aliphatic heterocycles. The van der Waals surface area contributed by atoms with Gasteiger partial charge in [0.1, 0.15) is 5.56 Å². The number of nitro benzene ring substituents is 1. The van der Waals surface area contributed by atoms with Crippen LogP contribution >= 0.6 is 0 Å². The summed E-state index contributed by atoms with van der Waals surface area (Å²) in [6, 6.07) is 2.89. The molecule has 0 heterocycles. The Labute approximate surface area is 77.3 Å². The molecule has 0 aliphatic rings. The molecule has 76 valence electrons. The predicted octanol–water partition coefficient (Wildman–Crippen LogP) is 2.92. The van der Waals surface area contributed by atoms with Gasteiger partial charge in [0, 0.05) is 6.07 Å². The van der Waals surface area contributed by atoms with E-state index in [9.17, 15) is 23.3 Å². The zero-order valence-corrected chi connectivity index (χ0v) is 7.13. The van der Waals surface area contributed by atoms with Gasteiger partial charge in [-0.15, -0.1) is 0 Å². The molecule has 0 unspecified atom stereocenters. The summed E-state index contributed by atoms with van der Waals surface area (Å²) in [5.41, 5.74) is -1.78. The van der Waals surface area contributed by atoms with E-state index < -0.39 is 22.4 Å². The summed E-state index contributed by atoms with van der Waals surface area (Å²) < 4.78 is 36.9. The molecule has 0 N–H and O–H groups in total. The van der Waals surface area contributed by atoms with E-state index in [1.807, 2.05) is 0 Å². The van der Waals surface area contributed by atoms with Gasteiger partial charge in [-0.25, -0.2) is 0 Å². The van der Waals surface area contributed by atoms with Gasteiger partial charge in [0.05, 0.1) is 4.92 Å². The van der Waals surface area contributed by atoms with Gasteiger partial charge in [-0.05, 0) is 13.0 Å². The molecule has 0 atom stereocenters. The molecule has 0 amide bonds. The highest BCUT2D eigenvalue weighted by Crippen LogP contribution is 2.36. The molecule has 1 rings (SSSR count). The van der Waals surface area contributed by atoms with E-state index in [2.05, 4.69) is 0 Å². The third kappa shape index (κ3) is 2.01. The summed E-state index contributed by atoms with van der Waals surface area (Å²) >= 11 is 0. The second kappa shape index (κ2) is 3.28. The topological polar surface area (TPSA) is 43.1 Å². The Bertz CT molecular complexity index is 373. The van der Waals surface area contributed by atoms with Crippen molar-refractivity contribution in [1.29, 1.82) is 0 Å². The number of nitro groups is 1. The summed E-state index contributed by atoms with van der Waals surface area (Å²) in [5.74, 6) is 0. The largest absolute Gasteiger partial charge is 0.423 e. The third-order valence-corrected chi connectivity index (χ3v) is 1.65. The lowest BCUT2D eigenvalue weighted by molar-refractivity contribution is -0.388. The first-order valence-corrected chi connectivity index (χ1v) is 3.64. The second-order valence-corrected chi connectivity index (χ2v) is 2.78. The maximum atomic E-state index is 12.3. The zero-order valence-electron chi connectivity index (χ0n) is 7.13. The van der Waals surface area contributed by atoms with E-state index in [4.69, 9.17) is 0 Å². The molecule has 0 aromatic heterocycles. The number of alkyl halides is 3. The summed E-state index contributed by atoms with van der Waals surface area (Å²) in [6.45, 7) is 1.44. The van der Waals surface area contributed by atoms with Crippen LogP contribution in [0.15, 0.2) is 18.2 Å². The molecule has 0 radical (unpaired) electrons. The molecule has 0 saturated heterocycles. The van der Waals surface area contributed by atoms with Crippen LogP contribution in [0.3, 0.4) is 0 Å². The van der Waals surface area contributed by atoms with Crippen LogP contribution in [-0.4, -0.2) is 4.92 Å². The monoisotopic (exact) mass is 205 g/mol. The Balaban J connectivity index is 3.38. The first-order chi connectivity index (χ1) is 6.32. The smallest absolute Gasteiger partial charge is 0.258 e. The third-order valence-electron chi connectivity index (χ3n) is 1.65. The lowest BCUT2D eigenvalue weighted by Gasteiger charge is -2.07. The lowest BCUT2D eigenvalue weighted by atomic mass is 10.1. The number of hydrogen-bond acceptors (Lipinski definition) is 2. The van der Waals surface area contributed by atoms with Gasteiger partial charge < -0.3 is 0 Å². The van der Waals surface area contributed by atoms with Crippen molar-refractivity contribution in [2.24, 2.45) is 0 Å². The van der Waals surface area contributed by atoms with Crippen LogP contribution in [0.4, 0.5) is 18.9 Å². The summed E-state index contributed by atoms with van der Waals surface area (Å²) in [7, 11) is 0. The molecule has 3 nitrogen and oxygen atoms in total. The van der Waals surface area contributed by atoms with Gasteiger partial charge in [0.15, 0.2) is 0 Å². The van der Waals surface area contributed by atoms with Crippen LogP contribution in [0.2, 0.25) is 0 Å². The highest BCUT2D eigenvalue weighted by molar-refractivity contribution is 5.44. The lowest BCUT2D eigenvalue weighted by Crippen LogP contribution is -2.09. The van der Waals surface area contributed by atoms with E-state index >= 15 is 0 Å². The van der Waals surface area contributed by atoms with Crippen molar-refractivity contribution in [3.63, 3.8) is 0 Å². The molecule has 0 aliphatic carbocycles. The average molecular weight is 205 g/mol. The maximum Gasteiger partial charge on any atom is 0.423 e. The van der Waals surface area contributed by atoms with Crippen molar-refractivity contribution in [3.05, 3.63) is 39.4 Å². The molecule has 6 heteroatoms. The highest BCUT2D eigenvalue weighted by atomic mass is 19.4. The molecule has 0 bridgehead atoms. The average Bonchev–Trinajstić information content (AvgIpc) is 2.01. The minimum Gasteiger partial charge on any atom is -0.258 e. The van der Waals surface area contributed by atoms with Crippen molar-refractivity contribution in [2.45, 2.75) is 13.1 Å². The van der Waals surface area contributed by atoms with Crippen molar-refractivity contribution >= 4 is 5.69 Å². The highest BCUT2D eigenvalue weighted by Gasteiger charge is 2.37. The fraction of sp³-hybridized carbons (Fsp3) is 0.250. The summed E-state index contributed by atoms with van der Waals surface area (Å²) in [6.07, 6.45) is -4.69. The predicted molar refractivity (Wildman–Crippen MR) is 42.8 cm³/mol. The van der Waals surface area contributed by atoms with E-state index in [0.717, 1.165) is 12.1 Å². The molecular weight excluding hydrogens is 199 g/mol. The molecule has 0 saturated carbocycles. The summed E-state index contributed by atoms with van der Waals surface area (Å²) in [4.78, 5) is 9.25. The first kappa shape index (κ1) is 10.5. The van der Waals surface area contributed by atoms with E-state index in [0.29, 0.717) is 5.56 Å². The number of rotatable bonds is 1. The summed E-state index contributed by atoms with van der Waals surface area (Å²) in [5, 5.41) is 10.3. The van der Waals surface area contributed by atoms with Crippen LogP contribution < -0.4 is 0 Å². The number of aryl methyl sites for hydroxylation is 1.